The van der Waals surface area contributed by atoms with Gasteiger partial charge in [0, 0.05) is 9.85 Å². The van der Waals surface area contributed by atoms with E-state index in [-0.39, 0.29) is 19.8 Å². The van der Waals surface area contributed by atoms with E-state index in [9.17, 15) is 20.2 Å². The number of rotatable bonds is 10. The van der Waals surface area contributed by atoms with E-state index < -0.39 is 58.2 Å². The molecule has 2 aliphatic rings. The van der Waals surface area contributed by atoms with Crippen LogP contribution in [0.2, 0.25) is 0 Å². The quantitative estimate of drug-likeness (QED) is 0.296. The van der Waals surface area contributed by atoms with Crippen LogP contribution >= 0.6 is 0 Å². The molecule has 0 bridgehead atoms. The van der Waals surface area contributed by atoms with E-state index >= 15 is 0 Å². The van der Waals surface area contributed by atoms with Gasteiger partial charge >= 0.3 is 0 Å². The van der Waals surface area contributed by atoms with Gasteiger partial charge in [0.1, 0.15) is 18.1 Å². The van der Waals surface area contributed by atoms with E-state index in [1.807, 2.05) is 0 Å². The first-order chi connectivity index (χ1) is 13.3. The maximum Gasteiger partial charge on any atom is 0.253 e. The van der Waals surface area contributed by atoms with Crippen molar-refractivity contribution in [2.24, 2.45) is 5.92 Å². The highest BCUT2D eigenvalue weighted by atomic mass is 16.8. The standard InChI is InChI=1S/C18H30N2O9/c1-11(2)8-25-16(14-10-27-18(5,6)29-14)15(20(23)24)12(7-19(21)22)13-9-26-17(3,4)28-13/h12-16H,1,7-10H2,2-6H3/t12?,13-,14-,15?,16?/m1/s1. The largest absolute Gasteiger partial charge is 0.364 e. The summed E-state index contributed by atoms with van der Waals surface area (Å²) in [6.45, 7) is 11.6. The maximum atomic E-state index is 12.1. The van der Waals surface area contributed by atoms with E-state index in [0.717, 1.165) is 0 Å². The molecule has 166 valence electrons. The van der Waals surface area contributed by atoms with Crippen molar-refractivity contribution in [3.63, 3.8) is 0 Å². The van der Waals surface area contributed by atoms with E-state index in [1.54, 1.807) is 34.6 Å². The Morgan fingerprint density at radius 1 is 1.10 bits per heavy atom. The van der Waals surface area contributed by atoms with Crippen molar-refractivity contribution in [1.29, 1.82) is 0 Å². The lowest BCUT2D eigenvalue weighted by Crippen LogP contribution is -2.54. The zero-order chi connectivity index (χ0) is 22.0. The molecule has 0 aromatic heterocycles. The molecule has 0 spiro atoms. The Hall–Kier alpha value is -1.66. The number of hydrogen-bond acceptors (Lipinski definition) is 9. The van der Waals surface area contributed by atoms with Crippen LogP contribution in [0.1, 0.15) is 34.6 Å². The summed E-state index contributed by atoms with van der Waals surface area (Å²) in [6, 6.07) is -1.47. The van der Waals surface area contributed by atoms with Gasteiger partial charge in [0.25, 0.3) is 6.04 Å². The molecule has 0 aromatic carbocycles. The van der Waals surface area contributed by atoms with Crippen molar-refractivity contribution in [2.75, 3.05) is 26.4 Å². The fourth-order valence-electron chi connectivity index (χ4n) is 3.61. The van der Waals surface area contributed by atoms with Gasteiger partial charge < -0.3 is 23.7 Å². The molecular weight excluding hydrogens is 388 g/mol. The molecule has 0 N–H and O–H groups in total. The molecule has 5 atom stereocenters. The molecule has 11 heteroatoms. The summed E-state index contributed by atoms with van der Waals surface area (Å²) < 4.78 is 28.4. The second-order valence-electron chi connectivity index (χ2n) is 8.42. The van der Waals surface area contributed by atoms with E-state index in [4.69, 9.17) is 23.7 Å². The van der Waals surface area contributed by atoms with Gasteiger partial charge in [-0.3, -0.25) is 20.2 Å². The van der Waals surface area contributed by atoms with Crippen molar-refractivity contribution in [1.82, 2.24) is 0 Å². The minimum Gasteiger partial charge on any atom is -0.364 e. The first-order valence-electron chi connectivity index (χ1n) is 9.46. The highest BCUT2D eigenvalue weighted by Gasteiger charge is 2.55. The molecule has 2 aliphatic heterocycles. The van der Waals surface area contributed by atoms with E-state index in [0.29, 0.717) is 5.57 Å². The average molecular weight is 418 g/mol. The fourth-order valence-corrected chi connectivity index (χ4v) is 3.61. The van der Waals surface area contributed by atoms with Crippen LogP contribution in [0.5, 0.6) is 0 Å². The Morgan fingerprint density at radius 2 is 1.62 bits per heavy atom. The highest BCUT2D eigenvalue weighted by Crippen LogP contribution is 2.34. The Balaban J connectivity index is 2.37. The van der Waals surface area contributed by atoms with Crippen molar-refractivity contribution in [3.05, 3.63) is 32.4 Å². The molecule has 29 heavy (non-hydrogen) atoms. The van der Waals surface area contributed by atoms with Crippen LogP contribution in [0.25, 0.3) is 0 Å². The van der Waals surface area contributed by atoms with Crippen LogP contribution in [0.3, 0.4) is 0 Å². The van der Waals surface area contributed by atoms with Crippen molar-refractivity contribution in [2.45, 2.75) is 70.5 Å². The fraction of sp³-hybridized carbons (Fsp3) is 0.889. The molecule has 0 saturated carbocycles. The van der Waals surface area contributed by atoms with Crippen LogP contribution in [0, 0.1) is 26.1 Å². The van der Waals surface area contributed by atoms with Crippen LogP contribution in [0.4, 0.5) is 0 Å². The van der Waals surface area contributed by atoms with Crippen molar-refractivity contribution >= 4 is 0 Å². The van der Waals surface area contributed by atoms with Crippen LogP contribution in [0.15, 0.2) is 12.2 Å². The average Bonchev–Trinajstić information content (AvgIpc) is 3.10. The zero-order valence-electron chi connectivity index (χ0n) is 17.5. The lowest BCUT2D eigenvalue weighted by atomic mass is 9.88. The topological polar surface area (TPSA) is 132 Å². The minimum atomic E-state index is -1.47. The minimum absolute atomic E-state index is 0.0105. The SMILES string of the molecule is C=C(C)COC(C(C(C[N+](=O)[O-])[C@H]1COC(C)(C)O1)[N+](=O)[O-])[C@H]1COC(C)(C)O1. The summed E-state index contributed by atoms with van der Waals surface area (Å²) in [6.07, 6.45) is -2.71. The van der Waals surface area contributed by atoms with Crippen molar-refractivity contribution in [3.8, 4) is 0 Å². The summed E-state index contributed by atoms with van der Waals surface area (Å²) in [7, 11) is 0. The van der Waals surface area contributed by atoms with Crippen LogP contribution in [-0.4, -0.2) is 72.1 Å². The monoisotopic (exact) mass is 418 g/mol. The predicted molar refractivity (Wildman–Crippen MR) is 100 cm³/mol. The van der Waals surface area contributed by atoms with Gasteiger partial charge in [-0.15, -0.1) is 0 Å². The molecule has 2 saturated heterocycles. The molecule has 11 nitrogen and oxygen atoms in total. The van der Waals surface area contributed by atoms with Gasteiger partial charge in [-0.05, 0) is 34.6 Å². The summed E-state index contributed by atoms with van der Waals surface area (Å²) in [5.41, 5.74) is 0.655. The number of nitro groups is 2. The number of ether oxygens (including phenoxy) is 5. The van der Waals surface area contributed by atoms with Crippen LogP contribution in [-0.2, 0) is 23.7 Å². The summed E-state index contributed by atoms with van der Waals surface area (Å²) in [5, 5.41) is 23.5. The van der Waals surface area contributed by atoms with Gasteiger partial charge in [-0.2, -0.15) is 0 Å². The summed E-state index contributed by atoms with van der Waals surface area (Å²) in [5.74, 6) is -3.02. The Morgan fingerprint density at radius 3 is 2.00 bits per heavy atom. The summed E-state index contributed by atoms with van der Waals surface area (Å²) >= 11 is 0. The third-order valence-electron chi connectivity index (χ3n) is 4.81. The smallest absolute Gasteiger partial charge is 0.253 e. The normalized spacial score (nSPS) is 28.6. The number of nitrogens with zero attached hydrogens (tertiary/aromatic N) is 2. The van der Waals surface area contributed by atoms with Gasteiger partial charge in [-0.25, -0.2) is 0 Å². The first-order valence-corrected chi connectivity index (χ1v) is 9.46. The summed E-state index contributed by atoms with van der Waals surface area (Å²) in [4.78, 5) is 22.3. The molecule has 0 aliphatic carbocycles. The first kappa shape index (κ1) is 23.6. The third kappa shape index (κ3) is 6.41. The maximum absolute atomic E-state index is 12.1. The van der Waals surface area contributed by atoms with E-state index in [1.165, 1.54) is 0 Å². The molecule has 0 aromatic rings. The van der Waals surface area contributed by atoms with Crippen LogP contribution < -0.4 is 0 Å². The molecule has 2 heterocycles. The van der Waals surface area contributed by atoms with Gasteiger partial charge in [0.15, 0.2) is 17.7 Å². The predicted octanol–water partition coefficient (Wildman–Crippen LogP) is 1.79. The molecule has 2 fully saturated rings. The highest BCUT2D eigenvalue weighted by molar-refractivity contribution is 4.95. The molecule has 0 amide bonds. The van der Waals surface area contributed by atoms with E-state index in [2.05, 4.69) is 6.58 Å². The molecular formula is C18H30N2O9. The second kappa shape index (κ2) is 9.00. The Labute approximate surface area is 169 Å². The van der Waals surface area contributed by atoms with Gasteiger partial charge in [0.05, 0.1) is 19.8 Å². The Bertz CT molecular complexity index is 637. The lowest BCUT2D eigenvalue weighted by Gasteiger charge is -2.31. The third-order valence-corrected chi connectivity index (χ3v) is 4.81. The Kier molecular flexibility index (Phi) is 7.33. The van der Waals surface area contributed by atoms with Crippen molar-refractivity contribution < 1.29 is 33.5 Å². The van der Waals surface area contributed by atoms with Gasteiger partial charge in [-0.1, -0.05) is 12.2 Å². The zero-order valence-corrected chi connectivity index (χ0v) is 17.5. The molecule has 2 rings (SSSR count). The second-order valence-corrected chi connectivity index (χ2v) is 8.42. The lowest BCUT2D eigenvalue weighted by molar-refractivity contribution is -0.570. The number of hydrogen-bond donors (Lipinski definition) is 0. The molecule has 0 radical (unpaired) electrons. The van der Waals surface area contributed by atoms with Gasteiger partial charge in [0.2, 0.25) is 6.54 Å². The molecule has 3 unspecified atom stereocenters.